The summed E-state index contributed by atoms with van der Waals surface area (Å²) in [6.45, 7) is 1.43. The fraction of sp³-hybridized carbons (Fsp3) is 0.240. The minimum absolute atomic E-state index is 0.0635. The lowest BCUT2D eigenvalue weighted by Crippen LogP contribution is -2.48. The first kappa shape index (κ1) is 25.1. The first-order valence-corrected chi connectivity index (χ1v) is 11.7. The van der Waals surface area contributed by atoms with Crippen LogP contribution in [0, 0.1) is 11.6 Å². The Bertz CT molecular complexity index is 1460. The highest BCUT2D eigenvalue weighted by molar-refractivity contribution is 6.30. The number of fused-ring (bicyclic) bond motifs is 1. The smallest absolute Gasteiger partial charge is 0.335 e. The fourth-order valence-electron chi connectivity index (χ4n) is 4.23. The minimum Gasteiger partial charge on any atom is -0.335 e. The number of rotatable bonds is 4. The van der Waals surface area contributed by atoms with Gasteiger partial charge in [0.05, 0.1) is 5.69 Å². The maximum Gasteiger partial charge on any atom is 0.433 e. The lowest BCUT2D eigenvalue weighted by atomic mass is 10.1. The fourth-order valence-corrected chi connectivity index (χ4v) is 4.36. The molecule has 2 aromatic heterocycles. The van der Waals surface area contributed by atoms with E-state index in [2.05, 4.69) is 10.1 Å². The SMILES string of the molecule is O=C(c1cc2nc(-c3ccc(Cl)cc3)cc(C(F)(F)F)n2n1)N1CCN(Cc2cccc(F)c2F)CC1. The van der Waals surface area contributed by atoms with Gasteiger partial charge >= 0.3 is 6.18 Å². The summed E-state index contributed by atoms with van der Waals surface area (Å²) in [7, 11) is 0. The molecule has 3 heterocycles. The van der Waals surface area contributed by atoms with Crippen LogP contribution in [0.5, 0.6) is 0 Å². The van der Waals surface area contributed by atoms with Crippen LogP contribution in [0.2, 0.25) is 5.02 Å². The molecule has 0 radical (unpaired) electrons. The number of nitrogens with zero attached hydrogens (tertiary/aromatic N) is 5. The number of halogens is 6. The second-order valence-corrected chi connectivity index (χ2v) is 9.05. The van der Waals surface area contributed by atoms with Gasteiger partial charge in [-0.3, -0.25) is 9.69 Å². The van der Waals surface area contributed by atoms with Crippen LogP contribution in [0.1, 0.15) is 21.7 Å². The highest BCUT2D eigenvalue weighted by Gasteiger charge is 2.36. The Morgan fingerprint density at radius 3 is 2.35 bits per heavy atom. The van der Waals surface area contributed by atoms with E-state index in [-0.39, 0.29) is 42.2 Å². The van der Waals surface area contributed by atoms with Gasteiger partial charge in [0.2, 0.25) is 0 Å². The number of carbonyl (C=O) groups excluding carboxylic acids is 1. The molecular formula is C25H19ClF5N5O. The van der Waals surface area contributed by atoms with Gasteiger partial charge < -0.3 is 4.90 Å². The van der Waals surface area contributed by atoms with E-state index in [1.807, 2.05) is 4.90 Å². The molecule has 0 spiro atoms. The second kappa shape index (κ2) is 9.71. The zero-order valence-corrected chi connectivity index (χ0v) is 19.9. The number of hydrogen-bond donors (Lipinski definition) is 0. The molecule has 12 heteroatoms. The largest absolute Gasteiger partial charge is 0.433 e. The molecule has 1 amide bonds. The molecular weight excluding hydrogens is 517 g/mol. The van der Waals surface area contributed by atoms with Crippen LogP contribution in [0.4, 0.5) is 22.0 Å². The van der Waals surface area contributed by atoms with Crippen molar-refractivity contribution in [3.05, 3.63) is 88.2 Å². The summed E-state index contributed by atoms with van der Waals surface area (Å²) in [6, 6.07) is 12.3. The molecule has 1 aliphatic heterocycles. The Hall–Kier alpha value is -3.57. The molecule has 0 bridgehead atoms. The number of alkyl halides is 3. The van der Waals surface area contributed by atoms with Crippen LogP contribution in [0.15, 0.2) is 54.6 Å². The average Bonchev–Trinajstić information content (AvgIpc) is 3.30. The van der Waals surface area contributed by atoms with Crippen molar-refractivity contribution >= 4 is 23.2 Å². The van der Waals surface area contributed by atoms with E-state index < -0.39 is 29.4 Å². The highest BCUT2D eigenvalue weighted by Crippen LogP contribution is 2.32. The standard InChI is InChI=1S/C25H19ClF5N5O/c26-17-6-4-15(5-7-17)19-12-21(25(29,30)31)36-22(32-19)13-20(33-36)24(37)35-10-8-34(9-11-35)14-16-2-1-3-18(27)23(16)28/h1-7,12-13H,8-11,14H2. The van der Waals surface area contributed by atoms with Gasteiger partial charge in [-0.2, -0.15) is 18.3 Å². The van der Waals surface area contributed by atoms with Gasteiger partial charge in [-0.1, -0.05) is 35.9 Å². The summed E-state index contributed by atoms with van der Waals surface area (Å²) >= 11 is 5.88. The minimum atomic E-state index is -4.74. The van der Waals surface area contributed by atoms with E-state index >= 15 is 0 Å². The van der Waals surface area contributed by atoms with E-state index in [0.717, 1.165) is 12.1 Å². The third-order valence-electron chi connectivity index (χ3n) is 6.16. The van der Waals surface area contributed by atoms with Crippen LogP contribution in [0.3, 0.4) is 0 Å². The lowest BCUT2D eigenvalue weighted by Gasteiger charge is -2.34. The zero-order valence-electron chi connectivity index (χ0n) is 19.1. The number of benzene rings is 2. The molecule has 0 saturated carbocycles. The van der Waals surface area contributed by atoms with Crippen LogP contribution in [-0.2, 0) is 12.7 Å². The number of hydrogen-bond acceptors (Lipinski definition) is 4. The van der Waals surface area contributed by atoms with Crippen LogP contribution in [0.25, 0.3) is 16.9 Å². The van der Waals surface area contributed by atoms with Gasteiger partial charge in [0.1, 0.15) is 0 Å². The molecule has 0 N–H and O–H groups in total. The summed E-state index contributed by atoms with van der Waals surface area (Å²) < 4.78 is 69.7. The van der Waals surface area contributed by atoms with E-state index in [9.17, 15) is 26.7 Å². The van der Waals surface area contributed by atoms with Crippen molar-refractivity contribution < 1.29 is 26.7 Å². The molecule has 0 unspecified atom stereocenters. The molecule has 5 rings (SSSR count). The van der Waals surface area contributed by atoms with Gasteiger partial charge in [0.25, 0.3) is 5.91 Å². The zero-order chi connectivity index (χ0) is 26.3. The van der Waals surface area contributed by atoms with Gasteiger partial charge in [0.15, 0.2) is 28.7 Å². The Labute approximate surface area is 212 Å². The topological polar surface area (TPSA) is 53.7 Å². The molecule has 37 heavy (non-hydrogen) atoms. The summed E-state index contributed by atoms with van der Waals surface area (Å²) in [5.74, 6) is -2.37. The Morgan fingerprint density at radius 2 is 1.68 bits per heavy atom. The highest BCUT2D eigenvalue weighted by atomic mass is 35.5. The van der Waals surface area contributed by atoms with Crippen molar-refractivity contribution in [1.29, 1.82) is 0 Å². The number of aromatic nitrogens is 3. The van der Waals surface area contributed by atoms with E-state index in [4.69, 9.17) is 11.6 Å². The summed E-state index contributed by atoms with van der Waals surface area (Å²) in [6.07, 6.45) is -4.74. The second-order valence-electron chi connectivity index (χ2n) is 8.61. The quantitative estimate of drug-likeness (QED) is 0.333. The van der Waals surface area contributed by atoms with Gasteiger partial charge in [-0.15, -0.1) is 0 Å². The van der Waals surface area contributed by atoms with Crippen LogP contribution in [-0.4, -0.2) is 56.5 Å². The van der Waals surface area contributed by atoms with Crippen molar-refractivity contribution in [2.75, 3.05) is 26.2 Å². The summed E-state index contributed by atoms with van der Waals surface area (Å²) in [5.41, 5.74) is -0.657. The van der Waals surface area contributed by atoms with Crippen molar-refractivity contribution in [3.63, 3.8) is 0 Å². The Balaban J connectivity index is 1.37. The normalized spacial score (nSPS) is 14.9. The van der Waals surface area contributed by atoms with E-state index in [1.54, 1.807) is 24.3 Å². The van der Waals surface area contributed by atoms with E-state index in [0.29, 0.717) is 28.2 Å². The Kier molecular flexibility index (Phi) is 6.59. The van der Waals surface area contributed by atoms with Gasteiger partial charge in [-0.25, -0.2) is 18.3 Å². The molecule has 6 nitrogen and oxygen atoms in total. The Morgan fingerprint density at radius 1 is 0.973 bits per heavy atom. The van der Waals surface area contributed by atoms with Gasteiger partial charge in [-0.05, 0) is 24.3 Å². The molecule has 2 aromatic carbocycles. The first-order chi connectivity index (χ1) is 17.6. The monoisotopic (exact) mass is 535 g/mol. The predicted molar refractivity (Wildman–Crippen MR) is 126 cm³/mol. The summed E-state index contributed by atoms with van der Waals surface area (Å²) in [5, 5.41) is 4.36. The molecule has 4 aromatic rings. The number of piperazine rings is 1. The van der Waals surface area contributed by atoms with Crippen LogP contribution >= 0.6 is 11.6 Å². The average molecular weight is 536 g/mol. The van der Waals surface area contributed by atoms with Crippen molar-refractivity contribution in [1.82, 2.24) is 24.4 Å². The maximum absolute atomic E-state index is 14.0. The van der Waals surface area contributed by atoms with Crippen LogP contribution < -0.4 is 0 Å². The molecule has 0 aliphatic carbocycles. The molecule has 192 valence electrons. The molecule has 1 aliphatic rings. The molecule has 1 saturated heterocycles. The van der Waals surface area contributed by atoms with Crippen molar-refractivity contribution in [2.45, 2.75) is 12.7 Å². The number of amides is 1. The third-order valence-corrected chi connectivity index (χ3v) is 6.41. The lowest BCUT2D eigenvalue weighted by molar-refractivity contribution is -0.142. The van der Waals surface area contributed by atoms with Crippen molar-refractivity contribution in [3.8, 4) is 11.3 Å². The predicted octanol–water partition coefficient (Wildman–Crippen LogP) is 5.30. The molecule has 1 fully saturated rings. The molecule has 0 atom stereocenters. The maximum atomic E-state index is 14.0. The summed E-state index contributed by atoms with van der Waals surface area (Å²) in [4.78, 5) is 20.7. The van der Waals surface area contributed by atoms with Gasteiger partial charge in [0, 0.05) is 54.9 Å². The first-order valence-electron chi connectivity index (χ1n) is 11.3. The van der Waals surface area contributed by atoms with E-state index in [1.165, 1.54) is 23.1 Å². The van der Waals surface area contributed by atoms with Crippen molar-refractivity contribution in [2.24, 2.45) is 0 Å². The third kappa shape index (κ3) is 5.14. The number of carbonyl (C=O) groups is 1.